The molecule has 0 aromatic carbocycles. The quantitative estimate of drug-likeness (QED) is 0.850. The molecule has 0 N–H and O–H groups in total. The molecule has 0 amide bonds. The monoisotopic (exact) mass is 259 g/mol. The summed E-state index contributed by atoms with van der Waals surface area (Å²) in [5, 5.41) is 0. The number of ether oxygens (including phenoxy) is 1. The van der Waals surface area contributed by atoms with Crippen LogP contribution in [0.5, 0.6) is 0 Å². The fourth-order valence-corrected chi connectivity index (χ4v) is 2.79. The topological polar surface area (TPSA) is 39.9 Å². The highest BCUT2D eigenvalue weighted by Gasteiger charge is 2.23. The molecule has 0 bridgehead atoms. The van der Waals surface area contributed by atoms with Crippen LogP contribution in [0.25, 0.3) is 11.2 Å². The molecule has 4 nitrogen and oxygen atoms in total. The number of hydrogen-bond donors (Lipinski definition) is 0. The highest BCUT2D eigenvalue weighted by Crippen LogP contribution is 2.29. The van der Waals surface area contributed by atoms with Gasteiger partial charge in [-0.3, -0.25) is 0 Å². The van der Waals surface area contributed by atoms with Crippen molar-refractivity contribution in [1.29, 1.82) is 0 Å². The van der Waals surface area contributed by atoms with Crippen molar-refractivity contribution in [2.75, 3.05) is 13.2 Å². The SMILES string of the molecule is CC(C)Cn1c(C2CCOCC2)nc2cccnc21. The summed E-state index contributed by atoms with van der Waals surface area (Å²) in [5.74, 6) is 2.31. The zero-order valence-electron chi connectivity index (χ0n) is 11.7. The first-order chi connectivity index (χ1) is 9.25. The standard InChI is InChI=1S/C15H21N3O/c1-11(2)10-18-14(12-5-8-19-9-6-12)17-13-4-3-7-16-15(13)18/h3-4,7,11-12H,5-6,8-10H2,1-2H3. The van der Waals surface area contributed by atoms with Crippen molar-refractivity contribution in [3.05, 3.63) is 24.2 Å². The van der Waals surface area contributed by atoms with E-state index in [1.807, 2.05) is 12.3 Å². The lowest BCUT2D eigenvalue weighted by atomic mass is 9.99. The van der Waals surface area contributed by atoms with E-state index >= 15 is 0 Å². The zero-order valence-corrected chi connectivity index (χ0v) is 11.7. The summed E-state index contributed by atoms with van der Waals surface area (Å²) in [6.45, 7) is 7.16. The van der Waals surface area contributed by atoms with E-state index in [4.69, 9.17) is 9.72 Å². The van der Waals surface area contributed by atoms with Crippen LogP contribution in [0.4, 0.5) is 0 Å². The minimum absolute atomic E-state index is 0.515. The molecule has 2 aromatic heterocycles. The molecule has 1 aliphatic heterocycles. The lowest BCUT2D eigenvalue weighted by Gasteiger charge is -2.23. The van der Waals surface area contributed by atoms with Gasteiger partial charge in [0.1, 0.15) is 11.3 Å². The van der Waals surface area contributed by atoms with E-state index in [9.17, 15) is 0 Å². The number of hydrogen-bond acceptors (Lipinski definition) is 3. The summed E-state index contributed by atoms with van der Waals surface area (Å²) in [6.07, 6.45) is 4.00. The van der Waals surface area contributed by atoms with E-state index in [1.165, 1.54) is 5.82 Å². The number of aromatic nitrogens is 3. The van der Waals surface area contributed by atoms with Gasteiger partial charge >= 0.3 is 0 Å². The minimum Gasteiger partial charge on any atom is -0.381 e. The second kappa shape index (κ2) is 5.29. The maximum Gasteiger partial charge on any atom is 0.159 e. The van der Waals surface area contributed by atoms with Gasteiger partial charge in [-0.2, -0.15) is 0 Å². The van der Waals surface area contributed by atoms with Gasteiger partial charge < -0.3 is 9.30 Å². The Morgan fingerprint density at radius 2 is 2.16 bits per heavy atom. The molecule has 0 saturated carbocycles. The predicted octanol–water partition coefficient (Wildman–Crippen LogP) is 2.98. The summed E-state index contributed by atoms with van der Waals surface area (Å²) in [4.78, 5) is 9.35. The number of nitrogens with zero attached hydrogens (tertiary/aromatic N) is 3. The van der Waals surface area contributed by atoms with Gasteiger partial charge in [0.05, 0.1) is 0 Å². The Hall–Kier alpha value is -1.42. The van der Waals surface area contributed by atoms with Crippen molar-refractivity contribution < 1.29 is 4.74 Å². The van der Waals surface area contributed by atoms with Crippen LogP contribution in [-0.4, -0.2) is 27.7 Å². The van der Waals surface area contributed by atoms with Crippen LogP contribution in [-0.2, 0) is 11.3 Å². The van der Waals surface area contributed by atoms with Crippen LogP contribution >= 0.6 is 0 Å². The maximum absolute atomic E-state index is 5.46. The average Bonchev–Trinajstić information content (AvgIpc) is 2.78. The molecule has 19 heavy (non-hydrogen) atoms. The molecule has 0 spiro atoms. The first-order valence-electron chi connectivity index (χ1n) is 7.14. The molecule has 102 valence electrons. The molecule has 1 aliphatic rings. The van der Waals surface area contributed by atoms with Crippen molar-refractivity contribution in [3.63, 3.8) is 0 Å². The highest BCUT2D eigenvalue weighted by atomic mass is 16.5. The molecule has 2 aromatic rings. The van der Waals surface area contributed by atoms with Crippen LogP contribution in [0, 0.1) is 5.92 Å². The molecule has 1 fully saturated rings. The van der Waals surface area contributed by atoms with Gasteiger partial charge in [-0.15, -0.1) is 0 Å². The third-order valence-corrected chi connectivity index (χ3v) is 3.67. The van der Waals surface area contributed by atoms with Crippen molar-refractivity contribution in [2.45, 2.75) is 39.2 Å². The van der Waals surface area contributed by atoms with Gasteiger partial charge in [0, 0.05) is 31.9 Å². The lowest BCUT2D eigenvalue weighted by Crippen LogP contribution is -2.19. The fraction of sp³-hybridized carbons (Fsp3) is 0.600. The first kappa shape index (κ1) is 12.6. The number of imidazole rings is 1. The van der Waals surface area contributed by atoms with Crippen LogP contribution in [0.1, 0.15) is 38.4 Å². The molecule has 1 saturated heterocycles. The van der Waals surface area contributed by atoms with Crippen LogP contribution in [0.15, 0.2) is 18.3 Å². The van der Waals surface area contributed by atoms with Gasteiger partial charge in [0.15, 0.2) is 5.65 Å². The molecular formula is C15H21N3O. The molecule has 0 radical (unpaired) electrons. The molecular weight excluding hydrogens is 238 g/mol. The average molecular weight is 259 g/mol. The van der Waals surface area contributed by atoms with Gasteiger partial charge in [-0.1, -0.05) is 13.8 Å². The van der Waals surface area contributed by atoms with E-state index < -0.39 is 0 Å². The Morgan fingerprint density at radius 1 is 1.37 bits per heavy atom. The molecule has 0 unspecified atom stereocenters. The Balaban J connectivity index is 2.05. The molecule has 4 heteroatoms. The van der Waals surface area contributed by atoms with E-state index in [0.717, 1.165) is 43.8 Å². The van der Waals surface area contributed by atoms with Crippen LogP contribution in [0.3, 0.4) is 0 Å². The normalized spacial score (nSPS) is 17.4. The van der Waals surface area contributed by atoms with E-state index in [2.05, 4.69) is 29.5 Å². The van der Waals surface area contributed by atoms with E-state index in [0.29, 0.717) is 11.8 Å². The zero-order chi connectivity index (χ0) is 13.2. The summed E-state index contributed by atoms with van der Waals surface area (Å²) >= 11 is 0. The van der Waals surface area contributed by atoms with Gasteiger partial charge in [0.25, 0.3) is 0 Å². The predicted molar refractivity (Wildman–Crippen MR) is 75.2 cm³/mol. The third-order valence-electron chi connectivity index (χ3n) is 3.67. The van der Waals surface area contributed by atoms with Crippen molar-refractivity contribution in [3.8, 4) is 0 Å². The molecule has 3 rings (SSSR count). The third kappa shape index (κ3) is 2.50. The Labute approximate surface area is 113 Å². The van der Waals surface area contributed by atoms with Gasteiger partial charge in [0.2, 0.25) is 0 Å². The van der Waals surface area contributed by atoms with E-state index in [1.54, 1.807) is 0 Å². The molecule has 3 heterocycles. The van der Waals surface area contributed by atoms with Crippen molar-refractivity contribution in [1.82, 2.24) is 14.5 Å². The lowest BCUT2D eigenvalue weighted by molar-refractivity contribution is 0.0828. The number of fused-ring (bicyclic) bond motifs is 1. The van der Waals surface area contributed by atoms with E-state index in [-0.39, 0.29) is 0 Å². The number of pyridine rings is 1. The second-order valence-corrected chi connectivity index (χ2v) is 5.71. The molecule has 0 aliphatic carbocycles. The first-order valence-corrected chi connectivity index (χ1v) is 7.14. The fourth-order valence-electron chi connectivity index (χ4n) is 2.79. The Morgan fingerprint density at radius 3 is 2.89 bits per heavy atom. The largest absolute Gasteiger partial charge is 0.381 e. The highest BCUT2D eigenvalue weighted by molar-refractivity contribution is 5.71. The smallest absolute Gasteiger partial charge is 0.159 e. The van der Waals surface area contributed by atoms with Crippen LogP contribution in [0.2, 0.25) is 0 Å². The van der Waals surface area contributed by atoms with Gasteiger partial charge in [-0.05, 0) is 30.9 Å². The summed E-state index contributed by atoms with van der Waals surface area (Å²) in [7, 11) is 0. The summed E-state index contributed by atoms with van der Waals surface area (Å²) in [5.41, 5.74) is 2.04. The molecule has 0 atom stereocenters. The van der Waals surface area contributed by atoms with Gasteiger partial charge in [-0.25, -0.2) is 9.97 Å². The second-order valence-electron chi connectivity index (χ2n) is 5.71. The van der Waals surface area contributed by atoms with Crippen molar-refractivity contribution in [2.24, 2.45) is 5.92 Å². The minimum atomic E-state index is 0.515. The number of rotatable bonds is 3. The summed E-state index contributed by atoms with van der Waals surface area (Å²) in [6, 6.07) is 4.02. The van der Waals surface area contributed by atoms with Crippen LogP contribution < -0.4 is 0 Å². The van der Waals surface area contributed by atoms with Crippen molar-refractivity contribution >= 4 is 11.2 Å². The summed E-state index contributed by atoms with van der Waals surface area (Å²) < 4.78 is 7.78. The maximum atomic E-state index is 5.46. The Kier molecular flexibility index (Phi) is 3.51. The Bertz CT molecular complexity index is 556.